The summed E-state index contributed by atoms with van der Waals surface area (Å²) in [6.07, 6.45) is -0.0118. The minimum atomic E-state index is -0.899. The smallest absolute Gasteiger partial charge is 0.306 e. The molecule has 0 aliphatic carbocycles. The first kappa shape index (κ1) is 22.0. The van der Waals surface area contributed by atoms with Gasteiger partial charge in [0.25, 0.3) is 5.91 Å². The molecule has 1 atom stereocenters. The van der Waals surface area contributed by atoms with Crippen molar-refractivity contribution in [2.75, 3.05) is 11.1 Å². The Kier molecular flexibility index (Phi) is 8.54. The van der Waals surface area contributed by atoms with Crippen LogP contribution in [0.1, 0.15) is 37.0 Å². The van der Waals surface area contributed by atoms with Crippen LogP contribution in [0.5, 0.6) is 0 Å². The Morgan fingerprint density at radius 1 is 1.07 bits per heavy atom. The quantitative estimate of drug-likeness (QED) is 0.268. The molecule has 0 heterocycles. The number of carbonyl (C=O) groups excluding carboxylic acids is 3. The molecular formula is C21H22ClNO4S. The van der Waals surface area contributed by atoms with Gasteiger partial charge in [0.05, 0.1) is 0 Å². The molecule has 148 valence electrons. The number of esters is 1. The van der Waals surface area contributed by atoms with E-state index in [1.54, 1.807) is 36.0 Å². The summed E-state index contributed by atoms with van der Waals surface area (Å²) in [4.78, 5) is 36.4. The van der Waals surface area contributed by atoms with Gasteiger partial charge in [0, 0.05) is 27.6 Å². The number of Topliss-reactive ketones (excluding diaryl/α,β-unsaturated/α-hetero) is 1. The third kappa shape index (κ3) is 7.37. The van der Waals surface area contributed by atoms with Gasteiger partial charge in [-0.3, -0.25) is 14.4 Å². The van der Waals surface area contributed by atoms with E-state index in [4.69, 9.17) is 16.3 Å². The Morgan fingerprint density at radius 3 is 2.32 bits per heavy atom. The van der Waals surface area contributed by atoms with Gasteiger partial charge in [0.2, 0.25) is 0 Å². The molecule has 0 saturated heterocycles. The molecule has 0 unspecified atom stereocenters. The topological polar surface area (TPSA) is 72.5 Å². The molecule has 0 aliphatic rings. The fraction of sp³-hybridized carbons (Fsp3) is 0.286. The average molecular weight is 420 g/mol. The number of rotatable bonds is 9. The van der Waals surface area contributed by atoms with Crippen molar-refractivity contribution >= 4 is 46.7 Å². The largest absolute Gasteiger partial charge is 0.453 e. The first-order valence-corrected chi connectivity index (χ1v) is 10.2. The molecule has 0 radical (unpaired) electrons. The molecule has 2 rings (SSSR count). The predicted molar refractivity (Wildman–Crippen MR) is 112 cm³/mol. The second-order valence-electron chi connectivity index (χ2n) is 6.16. The van der Waals surface area contributed by atoms with E-state index in [1.165, 1.54) is 13.8 Å². The molecule has 7 heteroatoms. The number of amides is 1. The minimum Gasteiger partial charge on any atom is -0.453 e. The van der Waals surface area contributed by atoms with Crippen molar-refractivity contribution in [2.45, 2.75) is 37.7 Å². The number of ether oxygens (including phenoxy) is 1. The number of thioether (sulfide) groups is 1. The van der Waals surface area contributed by atoms with Crippen molar-refractivity contribution in [3.63, 3.8) is 0 Å². The molecule has 1 N–H and O–H groups in total. The SMILES string of the molecule is CC(=O)c1ccc(NC(=O)[C@@H](C)OC(=O)CCCSc2ccc(Cl)cc2)cc1. The van der Waals surface area contributed by atoms with E-state index >= 15 is 0 Å². The van der Waals surface area contributed by atoms with Crippen molar-refractivity contribution in [2.24, 2.45) is 0 Å². The van der Waals surface area contributed by atoms with Gasteiger partial charge < -0.3 is 10.1 Å². The molecule has 0 fully saturated rings. The Balaban J connectivity index is 1.69. The van der Waals surface area contributed by atoms with Crippen molar-refractivity contribution in [1.82, 2.24) is 0 Å². The molecular weight excluding hydrogens is 398 g/mol. The molecule has 5 nitrogen and oxygen atoms in total. The second kappa shape index (κ2) is 10.9. The molecule has 0 bridgehead atoms. The Labute approximate surface area is 173 Å². The Hall–Kier alpha value is -2.31. The predicted octanol–water partition coefficient (Wildman–Crippen LogP) is 4.99. The molecule has 1 amide bonds. The van der Waals surface area contributed by atoms with E-state index in [0.717, 1.165) is 10.6 Å². The van der Waals surface area contributed by atoms with Crippen LogP contribution in [-0.2, 0) is 14.3 Å². The van der Waals surface area contributed by atoms with Gasteiger partial charge in [-0.1, -0.05) is 11.6 Å². The first-order valence-electron chi connectivity index (χ1n) is 8.85. The molecule has 0 aromatic heterocycles. The average Bonchev–Trinajstić information content (AvgIpc) is 2.67. The highest BCUT2D eigenvalue weighted by atomic mass is 35.5. The highest BCUT2D eigenvalue weighted by Gasteiger charge is 2.17. The van der Waals surface area contributed by atoms with E-state index in [2.05, 4.69) is 5.32 Å². The van der Waals surface area contributed by atoms with Crippen LogP contribution in [0.15, 0.2) is 53.4 Å². The van der Waals surface area contributed by atoms with Gasteiger partial charge in [-0.15, -0.1) is 11.8 Å². The molecule has 0 aliphatic heterocycles. The summed E-state index contributed by atoms with van der Waals surface area (Å²) < 4.78 is 5.18. The zero-order chi connectivity index (χ0) is 20.5. The summed E-state index contributed by atoms with van der Waals surface area (Å²) in [7, 11) is 0. The number of hydrogen-bond acceptors (Lipinski definition) is 5. The van der Waals surface area contributed by atoms with Gasteiger partial charge in [-0.2, -0.15) is 0 Å². The second-order valence-corrected chi connectivity index (χ2v) is 7.77. The maximum Gasteiger partial charge on any atom is 0.306 e. The maximum atomic E-state index is 12.1. The van der Waals surface area contributed by atoms with Crippen molar-refractivity contribution in [3.05, 3.63) is 59.1 Å². The summed E-state index contributed by atoms with van der Waals surface area (Å²) in [6, 6.07) is 14.0. The number of halogens is 1. The highest BCUT2D eigenvalue weighted by Crippen LogP contribution is 2.21. The normalized spacial score (nSPS) is 11.5. The van der Waals surface area contributed by atoms with Gasteiger partial charge in [0.1, 0.15) is 0 Å². The van der Waals surface area contributed by atoms with Crippen molar-refractivity contribution in [1.29, 1.82) is 0 Å². The first-order chi connectivity index (χ1) is 13.3. The third-order valence-corrected chi connectivity index (χ3v) is 5.19. The Morgan fingerprint density at radius 2 is 1.71 bits per heavy atom. The van der Waals surface area contributed by atoms with Crippen LogP contribution in [0.4, 0.5) is 5.69 Å². The molecule has 2 aromatic carbocycles. The van der Waals surface area contributed by atoms with Crippen molar-refractivity contribution < 1.29 is 19.1 Å². The van der Waals surface area contributed by atoms with Crippen LogP contribution in [-0.4, -0.2) is 29.5 Å². The maximum absolute atomic E-state index is 12.1. The van der Waals surface area contributed by atoms with Crippen LogP contribution in [0.2, 0.25) is 5.02 Å². The third-order valence-electron chi connectivity index (χ3n) is 3.84. The lowest BCUT2D eigenvalue weighted by Crippen LogP contribution is -2.29. The number of hydrogen-bond donors (Lipinski definition) is 1. The fourth-order valence-corrected chi connectivity index (χ4v) is 3.26. The van der Waals surface area contributed by atoms with Gasteiger partial charge in [-0.25, -0.2) is 0 Å². The summed E-state index contributed by atoms with van der Waals surface area (Å²) >= 11 is 7.47. The van der Waals surface area contributed by atoms with Crippen LogP contribution in [0.3, 0.4) is 0 Å². The number of carbonyl (C=O) groups is 3. The monoisotopic (exact) mass is 419 g/mol. The molecule has 28 heavy (non-hydrogen) atoms. The summed E-state index contributed by atoms with van der Waals surface area (Å²) in [5.74, 6) is -0.111. The number of anilines is 1. The zero-order valence-corrected chi connectivity index (χ0v) is 17.3. The van der Waals surface area contributed by atoms with Gasteiger partial charge in [0.15, 0.2) is 11.9 Å². The Bertz CT molecular complexity index is 821. The highest BCUT2D eigenvalue weighted by molar-refractivity contribution is 7.99. The van der Waals surface area contributed by atoms with E-state index in [1.807, 2.05) is 24.3 Å². The van der Waals surface area contributed by atoms with Crippen molar-refractivity contribution in [3.8, 4) is 0 Å². The number of ketones is 1. The number of nitrogens with one attached hydrogen (secondary N) is 1. The summed E-state index contributed by atoms with van der Waals surface area (Å²) in [6.45, 7) is 3.00. The standard InChI is InChI=1S/C21H22ClNO4S/c1-14(24)16-5-9-18(10-6-16)23-21(26)15(2)27-20(25)4-3-13-28-19-11-7-17(22)8-12-19/h5-12,15H,3-4,13H2,1-2H3,(H,23,26)/t15-/m1/s1. The van der Waals surface area contributed by atoms with Crippen LogP contribution < -0.4 is 5.32 Å². The lowest BCUT2D eigenvalue weighted by atomic mass is 10.1. The zero-order valence-electron chi connectivity index (χ0n) is 15.7. The number of benzene rings is 2. The van der Waals surface area contributed by atoms with E-state index in [9.17, 15) is 14.4 Å². The lowest BCUT2D eigenvalue weighted by Gasteiger charge is -2.13. The van der Waals surface area contributed by atoms with Crippen LogP contribution >= 0.6 is 23.4 Å². The summed E-state index contributed by atoms with van der Waals surface area (Å²) in [5.41, 5.74) is 1.10. The minimum absolute atomic E-state index is 0.0469. The van der Waals surface area contributed by atoms with Crippen LogP contribution in [0.25, 0.3) is 0 Å². The van der Waals surface area contributed by atoms with E-state index in [-0.39, 0.29) is 12.2 Å². The summed E-state index contributed by atoms with van der Waals surface area (Å²) in [5, 5.41) is 3.35. The van der Waals surface area contributed by atoms with Gasteiger partial charge >= 0.3 is 5.97 Å². The molecule has 2 aromatic rings. The molecule has 0 spiro atoms. The van der Waals surface area contributed by atoms with E-state index < -0.39 is 18.0 Å². The lowest BCUT2D eigenvalue weighted by molar-refractivity contribution is -0.153. The fourth-order valence-electron chi connectivity index (χ4n) is 2.28. The van der Waals surface area contributed by atoms with Gasteiger partial charge in [-0.05, 0) is 74.6 Å². The molecule has 0 saturated carbocycles. The van der Waals surface area contributed by atoms with E-state index in [0.29, 0.717) is 22.7 Å². The van der Waals surface area contributed by atoms with Crippen LogP contribution in [0, 0.1) is 0 Å².